The standard InChI is InChI=1S/C15H15BrClNS/c1-19-15-5-3-2-4-12(15)14(18)8-10-6-7-11(16)9-13(10)17/h2-7,9,14H,8,18H2,1H3. The van der Waals surface area contributed by atoms with Crippen LogP contribution in [0, 0.1) is 0 Å². The average Bonchev–Trinajstić information content (AvgIpc) is 2.41. The summed E-state index contributed by atoms with van der Waals surface area (Å²) in [6.07, 6.45) is 2.81. The van der Waals surface area contributed by atoms with Crippen LogP contribution in [0.15, 0.2) is 51.8 Å². The van der Waals surface area contributed by atoms with E-state index < -0.39 is 0 Å². The highest BCUT2D eigenvalue weighted by atomic mass is 79.9. The Balaban J connectivity index is 2.23. The summed E-state index contributed by atoms with van der Waals surface area (Å²) in [5.41, 5.74) is 8.58. The van der Waals surface area contributed by atoms with Gasteiger partial charge in [0, 0.05) is 20.4 Å². The van der Waals surface area contributed by atoms with E-state index >= 15 is 0 Å². The van der Waals surface area contributed by atoms with Crippen molar-refractivity contribution in [2.75, 3.05) is 6.26 Å². The smallest absolute Gasteiger partial charge is 0.0449 e. The zero-order valence-corrected chi connectivity index (χ0v) is 13.7. The molecule has 0 amide bonds. The van der Waals surface area contributed by atoms with Gasteiger partial charge in [0.25, 0.3) is 0 Å². The zero-order valence-electron chi connectivity index (χ0n) is 10.6. The Hall–Kier alpha value is -0.480. The van der Waals surface area contributed by atoms with E-state index in [1.54, 1.807) is 11.8 Å². The summed E-state index contributed by atoms with van der Waals surface area (Å²) in [5.74, 6) is 0. The van der Waals surface area contributed by atoms with Crippen LogP contribution >= 0.6 is 39.3 Å². The van der Waals surface area contributed by atoms with Gasteiger partial charge in [0.15, 0.2) is 0 Å². The Morgan fingerprint density at radius 1 is 1.26 bits per heavy atom. The molecule has 0 aliphatic heterocycles. The Morgan fingerprint density at radius 2 is 2.00 bits per heavy atom. The molecule has 100 valence electrons. The maximum atomic E-state index is 6.33. The van der Waals surface area contributed by atoms with Crippen molar-refractivity contribution in [3.05, 3.63) is 63.1 Å². The molecule has 0 heterocycles. The van der Waals surface area contributed by atoms with E-state index in [4.69, 9.17) is 17.3 Å². The SMILES string of the molecule is CSc1ccccc1C(N)Cc1ccc(Br)cc1Cl. The molecule has 0 saturated carbocycles. The summed E-state index contributed by atoms with van der Waals surface area (Å²) in [7, 11) is 0. The molecule has 0 aliphatic carbocycles. The molecule has 0 bridgehead atoms. The summed E-state index contributed by atoms with van der Waals surface area (Å²) in [4.78, 5) is 1.23. The van der Waals surface area contributed by atoms with E-state index in [0.29, 0.717) is 0 Å². The lowest BCUT2D eigenvalue weighted by atomic mass is 10.00. The van der Waals surface area contributed by atoms with Crippen LogP contribution in [0.4, 0.5) is 0 Å². The van der Waals surface area contributed by atoms with Crippen LogP contribution in [0.3, 0.4) is 0 Å². The van der Waals surface area contributed by atoms with Crippen molar-refractivity contribution >= 4 is 39.3 Å². The Kier molecular flexibility index (Phi) is 5.34. The molecule has 2 N–H and O–H groups in total. The molecule has 1 nitrogen and oxygen atoms in total. The number of rotatable bonds is 4. The number of hydrogen-bond acceptors (Lipinski definition) is 2. The van der Waals surface area contributed by atoms with Crippen LogP contribution in [0.1, 0.15) is 17.2 Å². The first kappa shape index (κ1) is 14.9. The van der Waals surface area contributed by atoms with E-state index in [-0.39, 0.29) is 6.04 Å². The largest absolute Gasteiger partial charge is 0.324 e. The molecule has 1 atom stereocenters. The number of hydrogen-bond donors (Lipinski definition) is 1. The van der Waals surface area contributed by atoms with Crippen molar-refractivity contribution in [1.29, 1.82) is 0 Å². The molecular weight excluding hydrogens is 342 g/mol. The Morgan fingerprint density at radius 3 is 2.68 bits per heavy atom. The molecule has 0 radical (unpaired) electrons. The van der Waals surface area contributed by atoms with E-state index in [9.17, 15) is 0 Å². The number of benzene rings is 2. The minimum atomic E-state index is -0.0395. The summed E-state index contributed by atoms with van der Waals surface area (Å²) in [5, 5.41) is 0.756. The summed E-state index contributed by atoms with van der Waals surface area (Å²) in [6.45, 7) is 0. The van der Waals surface area contributed by atoms with Gasteiger partial charge in [-0.2, -0.15) is 0 Å². The molecule has 2 aromatic carbocycles. The van der Waals surface area contributed by atoms with Crippen molar-refractivity contribution in [2.24, 2.45) is 5.73 Å². The van der Waals surface area contributed by atoms with E-state index in [0.717, 1.165) is 21.5 Å². The van der Waals surface area contributed by atoms with Gasteiger partial charge in [0.05, 0.1) is 0 Å². The predicted molar refractivity (Wildman–Crippen MR) is 88.0 cm³/mol. The highest BCUT2D eigenvalue weighted by Gasteiger charge is 2.12. The van der Waals surface area contributed by atoms with Crippen molar-refractivity contribution in [3.8, 4) is 0 Å². The summed E-state index contributed by atoms with van der Waals surface area (Å²) in [6, 6.07) is 14.1. The fraction of sp³-hybridized carbons (Fsp3) is 0.200. The first-order chi connectivity index (χ1) is 9.11. The second-order valence-electron chi connectivity index (χ2n) is 4.29. The molecule has 0 saturated heterocycles. The Bertz CT molecular complexity index is 574. The Labute approximate surface area is 131 Å². The van der Waals surface area contributed by atoms with Gasteiger partial charge in [-0.1, -0.05) is 51.8 Å². The molecule has 0 aromatic heterocycles. The van der Waals surface area contributed by atoms with Crippen molar-refractivity contribution in [3.63, 3.8) is 0 Å². The van der Waals surface area contributed by atoms with Gasteiger partial charge in [-0.25, -0.2) is 0 Å². The molecule has 0 spiro atoms. The molecular formula is C15H15BrClNS. The highest BCUT2D eigenvalue weighted by molar-refractivity contribution is 9.10. The van der Waals surface area contributed by atoms with Gasteiger partial charge in [-0.05, 0) is 42.0 Å². The maximum Gasteiger partial charge on any atom is 0.0449 e. The van der Waals surface area contributed by atoms with E-state index in [1.807, 2.05) is 30.3 Å². The predicted octanol–water partition coefficient (Wildman–Crippen LogP) is 5.07. The minimum absolute atomic E-state index is 0.0395. The fourth-order valence-corrected chi connectivity index (χ4v) is 3.43. The van der Waals surface area contributed by atoms with Crippen molar-refractivity contribution in [1.82, 2.24) is 0 Å². The first-order valence-electron chi connectivity index (χ1n) is 5.94. The number of nitrogens with two attached hydrogens (primary N) is 1. The molecule has 19 heavy (non-hydrogen) atoms. The fourth-order valence-electron chi connectivity index (χ4n) is 2.01. The second kappa shape index (κ2) is 6.80. The number of thioether (sulfide) groups is 1. The third-order valence-corrected chi connectivity index (χ3v) is 4.65. The van der Waals surface area contributed by atoms with Gasteiger partial charge in [0.2, 0.25) is 0 Å². The monoisotopic (exact) mass is 355 g/mol. The average molecular weight is 357 g/mol. The van der Waals surface area contributed by atoms with Crippen LogP contribution in [0.2, 0.25) is 5.02 Å². The van der Waals surface area contributed by atoms with Gasteiger partial charge in [0.1, 0.15) is 0 Å². The third-order valence-electron chi connectivity index (χ3n) is 2.99. The van der Waals surface area contributed by atoms with Crippen LogP contribution in [-0.4, -0.2) is 6.26 Å². The zero-order chi connectivity index (χ0) is 13.8. The van der Waals surface area contributed by atoms with Crippen LogP contribution in [0.25, 0.3) is 0 Å². The molecule has 0 aliphatic rings. The lowest BCUT2D eigenvalue weighted by Gasteiger charge is -2.16. The van der Waals surface area contributed by atoms with Crippen LogP contribution in [-0.2, 0) is 6.42 Å². The van der Waals surface area contributed by atoms with E-state index in [2.05, 4.69) is 34.3 Å². The van der Waals surface area contributed by atoms with Gasteiger partial charge < -0.3 is 5.73 Å². The topological polar surface area (TPSA) is 26.0 Å². The van der Waals surface area contributed by atoms with Gasteiger partial charge in [-0.3, -0.25) is 0 Å². The highest BCUT2D eigenvalue weighted by Crippen LogP contribution is 2.29. The van der Waals surface area contributed by atoms with Crippen molar-refractivity contribution in [2.45, 2.75) is 17.4 Å². The lowest BCUT2D eigenvalue weighted by Crippen LogP contribution is -2.14. The van der Waals surface area contributed by atoms with E-state index in [1.165, 1.54) is 10.5 Å². The van der Waals surface area contributed by atoms with Crippen LogP contribution in [0.5, 0.6) is 0 Å². The molecule has 4 heteroatoms. The second-order valence-corrected chi connectivity index (χ2v) is 6.46. The molecule has 1 unspecified atom stereocenters. The van der Waals surface area contributed by atoms with Gasteiger partial charge in [-0.15, -0.1) is 11.8 Å². The molecule has 0 fully saturated rings. The number of halogens is 2. The maximum absolute atomic E-state index is 6.33. The minimum Gasteiger partial charge on any atom is -0.324 e. The van der Waals surface area contributed by atoms with Crippen LogP contribution < -0.4 is 5.73 Å². The summed E-state index contributed by atoms with van der Waals surface area (Å²) < 4.78 is 0.985. The molecule has 2 rings (SSSR count). The quantitative estimate of drug-likeness (QED) is 0.774. The summed E-state index contributed by atoms with van der Waals surface area (Å²) >= 11 is 11.4. The normalized spacial score (nSPS) is 12.4. The van der Waals surface area contributed by atoms with Gasteiger partial charge >= 0.3 is 0 Å². The lowest BCUT2D eigenvalue weighted by molar-refractivity contribution is 0.708. The first-order valence-corrected chi connectivity index (χ1v) is 8.34. The van der Waals surface area contributed by atoms with Crippen molar-refractivity contribution < 1.29 is 0 Å². The third kappa shape index (κ3) is 3.76. The molecule has 2 aromatic rings.